The molecule has 2 N–H and O–H groups in total. The summed E-state index contributed by atoms with van der Waals surface area (Å²) in [6.45, 7) is 0. The number of aromatic nitrogens is 4. The zero-order valence-electron chi connectivity index (χ0n) is 14.6. The number of benzene rings is 1. The SMILES string of the molecule is O=C(NC1CCC(n2ncccc2=O)CC1)c1n[nH]c(=O)c2ccccc12. The van der Waals surface area contributed by atoms with Crippen molar-refractivity contribution in [3.8, 4) is 0 Å². The first kappa shape index (κ1) is 17.1. The maximum atomic E-state index is 12.7. The lowest BCUT2D eigenvalue weighted by Crippen LogP contribution is -2.40. The van der Waals surface area contributed by atoms with Crippen LogP contribution in [0.15, 0.2) is 52.2 Å². The molecule has 1 aliphatic rings. The van der Waals surface area contributed by atoms with Crippen molar-refractivity contribution in [3.05, 3.63) is 69.0 Å². The van der Waals surface area contributed by atoms with Crippen molar-refractivity contribution >= 4 is 16.7 Å². The third-order valence-corrected chi connectivity index (χ3v) is 5.03. The standard InChI is InChI=1S/C19H19N5O3/c25-16-6-3-11-20-24(16)13-9-7-12(8-10-13)21-19(27)17-14-4-1-2-5-15(14)18(26)23-22-17/h1-6,11-13H,7-10H2,(H,21,27)(H,23,26). The summed E-state index contributed by atoms with van der Waals surface area (Å²) in [6, 6.07) is 10.1. The smallest absolute Gasteiger partial charge is 0.272 e. The van der Waals surface area contributed by atoms with Gasteiger partial charge in [0.05, 0.1) is 11.4 Å². The average molecular weight is 365 g/mol. The number of hydrogen-bond donors (Lipinski definition) is 2. The van der Waals surface area contributed by atoms with Gasteiger partial charge in [-0.3, -0.25) is 14.4 Å². The molecule has 2 heterocycles. The number of nitrogens with one attached hydrogen (secondary N) is 2. The second-order valence-corrected chi connectivity index (χ2v) is 6.73. The van der Waals surface area contributed by atoms with Crippen molar-refractivity contribution in [3.63, 3.8) is 0 Å². The Kier molecular flexibility index (Phi) is 4.53. The molecule has 0 unspecified atom stereocenters. The fourth-order valence-corrected chi connectivity index (χ4v) is 3.65. The van der Waals surface area contributed by atoms with Crippen LogP contribution in [0.1, 0.15) is 42.2 Å². The Morgan fingerprint density at radius 1 is 1.04 bits per heavy atom. The second-order valence-electron chi connectivity index (χ2n) is 6.73. The molecule has 8 heteroatoms. The summed E-state index contributed by atoms with van der Waals surface area (Å²) in [5, 5.41) is 14.5. The fourth-order valence-electron chi connectivity index (χ4n) is 3.65. The van der Waals surface area contributed by atoms with Crippen molar-refractivity contribution in [1.82, 2.24) is 25.3 Å². The maximum absolute atomic E-state index is 12.7. The van der Waals surface area contributed by atoms with Gasteiger partial charge in [0, 0.05) is 23.7 Å². The van der Waals surface area contributed by atoms with Crippen LogP contribution in [0, 0.1) is 0 Å². The van der Waals surface area contributed by atoms with Crippen LogP contribution in [0.2, 0.25) is 0 Å². The second kappa shape index (κ2) is 7.14. The molecule has 1 aliphatic carbocycles. The molecule has 0 bridgehead atoms. The van der Waals surface area contributed by atoms with E-state index in [-0.39, 0.29) is 34.8 Å². The summed E-state index contributed by atoms with van der Waals surface area (Å²) in [5.41, 5.74) is -0.203. The third-order valence-electron chi connectivity index (χ3n) is 5.03. The molecule has 1 amide bonds. The molecule has 2 aromatic heterocycles. The van der Waals surface area contributed by atoms with Gasteiger partial charge < -0.3 is 5.32 Å². The largest absolute Gasteiger partial charge is 0.348 e. The number of aromatic amines is 1. The molecule has 1 fully saturated rings. The number of carbonyl (C=O) groups is 1. The Morgan fingerprint density at radius 2 is 1.78 bits per heavy atom. The van der Waals surface area contributed by atoms with E-state index >= 15 is 0 Å². The van der Waals surface area contributed by atoms with Gasteiger partial charge in [0.15, 0.2) is 5.69 Å². The van der Waals surface area contributed by atoms with Crippen molar-refractivity contribution in [2.24, 2.45) is 0 Å². The first-order valence-corrected chi connectivity index (χ1v) is 8.95. The van der Waals surface area contributed by atoms with E-state index in [4.69, 9.17) is 0 Å². The minimum atomic E-state index is -0.316. The Hall–Kier alpha value is -3.29. The molecule has 138 valence electrons. The van der Waals surface area contributed by atoms with Crippen molar-refractivity contribution in [2.75, 3.05) is 0 Å². The van der Waals surface area contributed by atoms with Gasteiger partial charge in [-0.15, -0.1) is 0 Å². The summed E-state index contributed by atoms with van der Waals surface area (Å²) in [7, 11) is 0. The number of nitrogens with zero attached hydrogens (tertiary/aromatic N) is 3. The number of rotatable bonds is 3. The molecular weight excluding hydrogens is 346 g/mol. The third kappa shape index (κ3) is 3.38. The molecule has 0 spiro atoms. The lowest BCUT2D eigenvalue weighted by Gasteiger charge is -2.29. The zero-order chi connectivity index (χ0) is 18.8. The van der Waals surface area contributed by atoms with E-state index in [2.05, 4.69) is 20.6 Å². The van der Waals surface area contributed by atoms with Crippen LogP contribution >= 0.6 is 0 Å². The van der Waals surface area contributed by atoms with Gasteiger partial charge in [0.1, 0.15) is 0 Å². The predicted octanol–water partition coefficient (Wildman–Crippen LogP) is 1.39. The van der Waals surface area contributed by atoms with E-state index in [1.807, 2.05) is 0 Å². The molecule has 0 atom stereocenters. The van der Waals surface area contributed by atoms with Crippen molar-refractivity contribution in [1.29, 1.82) is 0 Å². The normalized spacial score (nSPS) is 19.7. The Morgan fingerprint density at radius 3 is 2.52 bits per heavy atom. The van der Waals surface area contributed by atoms with Crippen LogP contribution in [-0.4, -0.2) is 31.9 Å². The molecule has 4 rings (SSSR count). The van der Waals surface area contributed by atoms with E-state index in [0.717, 1.165) is 25.7 Å². The molecule has 0 radical (unpaired) electrons. The van der Waals surface area contributed by atoms with Crippen molar-refractivity contribution in [2.45, 2.75) is 37.8 Å². The molecule has 27 heavy (non-hydrogen) atoms. The summed E-state index contributed by atoms with van der Waals surface area (Å²) in [6.07, 6.45) is 4.65. The minimum absolute atomic E-state index is 0.000606. The lowest BCUT2D eigenvalue weighted by molar-refractivity contribution is 0.0917. The topological polar surface area (TPSA) is 110 Å². The van der Waals surface area contributed by atoms with E-state index in [9.17, 15) is 14.4 Å². The van der Waals surface area contributed by atoms with Crippen LogP contribution in [0.5, 0.6) is 0 Å². The highest BCUT2D eigenvalue weighted by molar-refractivity contribution is 6.04. The van der Waals surface area contributed by atoms with Gasteiger partial charge in [0.2, 0.25) is 0 Å². The van der Waals surface area contributed by atoms with Gasteiger partial charge in [-0.05, 0) is 37.8 Å². The van der Waals surface area contributed by atoms with Crippen molar-refractivity contribution < 1.29 is 4.79 Å². The van der Waals surface area contributed by atoms with E-state index in [1.165, 1.54) is 10.7 Å². The van der Waals surface area contributed by atoms with Crippen LogP contribution < -0.4 is 16.4 Å². The summed E-state index contributed by atoms with van der Waals surface area (Å²) in [5.74, 6) is -0.305. The van der Waals surface area contributed by atoms with Crippen LogP contribution in [0.25, 0.3) is 10.8 Å². The highest BCUT2D eigenvalue weighted by Gasteiger charge is 2.25. The van der Waals surface area contributed by atoms with Gasteiger partial charge in [-0.1, -0.05) is 18.2 Å². The molecule has 0 aliphatic heterocycles. The molecule has 3 aromatic rings. The van der Waals surface area contributed by atoms with E-state index in [1.54, 1.807) is 36.5 Å². The Bertz CT molecular complexity index is 1100. The number of hydrogen-bond acceptors (Lipinski definition) is 5. The fraction of sp³-hybridized carbons (Fsp3) is 0.316. The number of fused-ring (bicyclic) bond motifs is 1. The van der Waals surface area contributed by atoms with E-state index in [0.29, 0.717) is 10.8 Å². The summed E-state index contributed by atoms with van der Waals surface area (Å²) in [4.78, 5) is 36.4. The van der Waals surface area contributed by atoms with Crippen LogP contribution in [0.3, 0.4) is 0 Å². The van der Waals surface area contributed by atoms with Gasteiger partial charge in [0.25, 0.3) is 17.0 Å². The maximum Gasteiger partial charge on any atom is 0.272 e. The lowest BCUT2D eigenvalue weighted by atomic mass is 9.91. The predicted molar refractivity (Wildman–Crippen MR) is 99.6 cm³/mol. The molecule has 1 saturated carbocycles. The minimum Gasteiger partial charge on any atom is -0.348 e. The average Bonchev–Trinajstić information content (AvgIpc) is 2.69. The first-order chi connectivity index (χ1) is 13.1. The molecule has 0 saturated heterocycles. The molecule has 8 nitrogen and oxygen atoms in total. The Balaban J connectivity index is 1.46. The number of H-pyrrole nitrogens is 1. The highest BCUT2D eigenvalue weighted by Crippen LogP contribution is 2.27. The van der Waals surface area contributed by atoms with Gasteiger partial charge in [-0.2, -0.15) is 10.2 Å². The number of carbonyl (C=O) groups excluding carboxylic acids is 1. The zero-order valence-corrected chi connectivity index (χ0v) is 14.6. The van der Waals surface area contributed by atoms with Crippen LogP contribution in [-0.2, 0) is 0 Å². The summed E-state index contributed by atoms with van der Waals surface area (Å²) < 4.78 is 1.52. The Labute approximate surface area is 154 Å². The molecular formula is C19H19N5O3. The quantitative estimate of drug-likeness (QED) is 0.729. The summed E-state index contributed by atoms with van der Waals surface area (Å²) >= 11 is 0. The monoisotopic (exact) mass is 365 g/mol. The van der Waals surface area contributed by atoms with E-state index < -0.39 is 0 Å². The first-order valence-electron chi connectivity index (χ1n) is 8.95. The highest BCUT2D eigenvalue weighted by atomic mass is 16.2. The van der Waals surface area contributed by atoms with Gasteiger partial charge >= 0.3 is 0 Å². The molecule has 1 aromatic carbocycles. The number of amides is 1. The van der Waals surface area contributed by atoms with Crippen LogP contribution in [0.4, 0.5) is 0 Å². The van der Waals surface area contributed by atoms with Gasteiger partial charge in [-0.25, -0.2) is 9.78 Å².